The molecular formula is C8H14N2O3. The van der Waals surface area contributed by atoms with Crippen LogP contribution in [0.3, 0.4) is 0 Å². The molecule has 0 aliphatic carbocycles. The highest BCUT2D eigenvalue weighted by atomic mass is 16.5. The highest BCUT2D eigenvalue weighted by Crippen LogP contribution is 1.75. The van der Waals surface area contributed by atoms with Crippen molar-refractivity contribution >= 4 is 12.0 Å². The monoisotopic (exact) mass is 186 g/mol. The smallest absolute Gasteiger partial charge is 0.407 e. The molecule has 0 saturated heterocycles. The Morgan fingerprint density at radius 1 is 1.46 bits per heavy atom. The zero-order valence-corrected chi connectivity index (χ0v) is 7.63. The van der Waals surface area contributed by atoms with Crippen LogP contribution in [0.5, 0.6) is 0 Å². The number of carbonyl (C=O) groups excluding carboxylic acids is 2. The summed E-state index contributed by atoms with van der Waals surface area (Å²) in [6.45, 7) is 5.73. The number of alkyl carbamates (subject to hydrolysis) is 1. The molecule has 0 spiro atoms. The number of hydrogen-bond donors (Lipinski definition) is 2. The van der Waals surface area contributed by atoms with Crippen LogP contribution in [-0.2, 0) is 9.53 Å². The molecule has 0 aliphatic heterocycles. The number of amides is 2. The molecule has 5 heteroatoms. The van der Waals surface area contributed by atoms with Crippen LogP contribution in [0.1, 0.15) is 6.92 Å². The lowest BCUT2D eigenvalue weighted by Gasteiger charge is -2.04. The molecule has 0 aliphatic rings. The molecule has 0 aromatic rings. The van der Waals surface area contributed by atoms with Crippen molar-refractivity contribution in [3.05, 3.63) is 12.7 Å². The fourth-order valence-corrected chi connectivity index (χ4v) is 0.583. The van der Waals surface area contributed by atoms with E-state index in [-0.39, 0.29) is 12.5 Å². The highest BCUT2D eigenvalue weighted by Gasteiger charge is 2.03. The van der Waals surface area contributed by atoms with E-state index in [4.69, 9.17) is 0 Å². The zero-order chi connectivity index (χ0) is 10.1. The minimum atomic E-state index is -0.587. The molecule has 74 valence electrons. The molecule has 2 amide bonds. The summed E-state index contributed by atoms with van der Waals surface area (Å²) in [7, 11) is 0. The molecule has 0 radical (unpaired) electrons. The minimum absolute atomic E-state index is 0.0767. The van der Waals surface area contributed by atoms with Crippen LogP contribution in [0.2, 0.25) is 0 Å². The molecule has 0 bridgehead atoms. The van der Waals surface area contributed by atoms with Crippen LogP contribution in [0.15, 0.2) is 12.7 Å². The number of rotatable bonds is 5. The molecule has 0 unspecified atom stereocenters. The molecule has 0 aromatic carbocycles. The first-order valence-electron chi connectivity index (χ1n) is 3.99. The van der Waals surface area contributed by atoms with Gasteiger partial charge in [-0.05, 0) is 6.92 Å². The maximum absolute atomic E-state index is 10.9. The molecule has 13 heavy (non-hydrogen) atoms. The predicted octanol–water partition coefficient (Wildman–Crippen LogP) is 0.0347. The molecule has 5 nitrogen and oxygen atoms in total. The van der Waals surface area contributed by atoms with Gasteiger partial charge >= 0.3 is 6.09 Å². The quantitative estimate of drug-likeness (QED) is 0.595. The van der Waals surface area contributed by atoms with Gasteiger partial charge in [0.2, 0.25) is 5.91 Å². The van der Waals surface area contributed by atoms with Crippen molar-refractivity contribution in [2.24, 2.45) is 0 Å². The fraction of sp³-hybridized carbons (Fsp3) is 0.500. The van der Waals surface area contributed by atoms with E-state index in [0.717, 1.165) is 0 Å². The van der Waals surface area contributed by atoms with Crippen molar-refractivity contribution < 1.29 is 14.3 Å². The first-order valence-corrected chi connectivity index (χ1v) is 3.99. The van der Waals surface area contributed by atoms with Gasteiger partial charge in [-0.2, -0.15) is 0 Å². The van der Waals surface area contributed by atoms with Crippen molar-refractivity contribution in [1.82, 2.24) is 10.6 Å². The van der Waals surface area contributed by atoms with Gasteiger partial charge in [-0.15, -0.1) is 6.58 Å². The standard InChI is InChI=1S/C8H14N2O3/c1-3-5-9-7(11)6-10-8(12)13-4-2/h3H,1,4-6H2,2H3,(H,9,11)(H,10,12). The van der Waals surface area contributed by atoms with E-state index in [1.807, 2.05) is 0 Å². The lowest BCUT2D eigenvalue weighted by Crippen LogP contribution is -2.37. The third kappa shape index (κ3) is 6.86. The van der Waals surface area contributed by atoms with Crippen LogP contribution in [0, 0.1) is 0 Å². The SMILES string of the molecule is C=CCNC(=O)CNC(=O)OCC. The average Bonchev–Trinajstić information content (AvgIpc) is 2.12. The van der Waals surface area contributed by atoms with E-state index in [1.54, 1.807) is 13.0 Å². The van der Waals surface area contributed by atoms with Crippen LogP contribution in [-0.4, -0.2) is 31.7 Å². The van der Waals surface area contributed by atoms with E-state index in [9.17, 15) is 9.59 Å². The number of hydrogen-bond acceptors (Lipinski definition) is 3. The zero-order valence-electron chi connectivity index (χ0n) is 7.63. The lowest BCUT2D eigenvalue weighted by atomic mass is 10.5. The van der Waals surface area contributed by atoms with E-state index in [1.165, 1.54) is 0 Å². The van der Waals surface area contributed by atoms with Crippen LogP contribution < -0.4 is 10.6 Å². The first kappa shape index (κ1) is 11.5. The summed E-state index contributed by atoms with van der Waals surface area (Å²) in [6, 6.07) is 0. The lowest BCUT2D eigenvalue weighted by molar-refractivity contribution is -0.119. The second kappa shape index (κ2) is 7.15. The number of nitrogens with one attached hydrogen (secondary N) is 2. The van der Waals surface area contributed by atoms with Crippen LogP contribution in [0.4, 0.5) is 4.79 Å². The molecular weight excluding hydrogens is 172 g/mol. The Morgan fingerprint density at radius 2 is 2.15 bits per heavy atom. The Balaban J connectivity index is 3.45. The van der Waals surface area contributed by atoms with Crippen LogP contribution >= 0.6 is 0 Å². The molecule has 0 atom stereocenters. The summed E-state index contributed by atoms with van der Waals surface area (Å²) in [6.07, 6.45) is 0.971. The summed E-state index contributed by atoms with van der Waals surface area (Å²) >= 11 is 0. The molecule has 0 aromatic heterocycles. The number of carbonyl (C=O) groups is 2. The topological polar surface area (TPSA) is 67.4 Å². The molecule has 0 fully saturated rings. The van der Waals surface area contributed by atoms with Gasteiger partial charge in [-0.1, -0.05) is 6.08 Å². The normalized spacial score (nSPS) is 8.69. The molecule has 0 rings (SSSR count). The van der Waals surface area contributed by atoms with Crippen molar-refractivity contribution in [2.45, 2.75) is 6.92 Å². The van der Waals surface area contributed by atoms with E-state index < -0.39 is 6.09 Å². The van der Waals surface area contributed by atoms with Gasteiger partial charge < -0.3 is 15.4 Å². The van der Waals surface area contributed by atoms with Gasteiger partial charge in [-0.25, -0.2) is 4.79 Å². The van der Waals surface area contributed by atoms with Gasteiger partial charge in [0.25, 0.3) is 0 Å². The first-order chi connectivity index (χ1) is 6.20. The van der Waals surface area contributed by atoms with Gasteiger partial charge in [0, 0.05) is 6.54 Å². The summed E-state index contributed by atoms with van der Waals surface area (Å²) < 4.78 is 4.55. The van der Waals surface area contributed by atoms with E-state index in [0.29, 0.717) is 13.2 Å². The largest absolute Gasteiger partial charge is 0.450 e. The van der Waals surface area contributed by atoms with Crippen molar-refractivity contribution in [2.75, 3.05) is 19.7 Å². The Bertz CT molecular complexity index is 192. The van der Waals surface area contributed by atoms with Gasteiger partial charge in [-0.3, -0.25) is 4.79 Å². The predicted molar refractivity (Wildman–Crippen MR) is 48.2 cm³/mol. The Morgan fingerprint density at radius 3 is 2.69 bits per heavy atom. The van der Waals surface area contributed by atoms with Crippen molar-refractivity contribution in [3.8, 4) is 0 Å². The molecule has 2 N–H and O–H groups in total. The average molecular weight is 186 g/mol. The summed E-state index contributed by atoms with van der Waals surface area (Å²) in [4.78, 5) is 21.6. The summed E-state index contributed by atoms with van der Waals surface area (Å²) in [5.41, 5.74) is 0. The maximum atomic E-state index is 10.9. The number of ether oxygens (including phenoxy) is 1. The van der Waals surface area contributed by atoms with Crippen LogP contribution in [0.25, 0.3) is 0 Å². The second-order valence-corrected chi connectivity index (χ2v) is 2.17. The van der Waals surface area contributed by atoms with Gasteiger partial charge in [0.15, 0.2) is 0 Å². The third-order valence-corrected chi connectivity index (χ3v) is 1.11. The maximum Gasteiger partial charge on any atom is 0.407 e. The summed E-state index contributed by atoms with van der Waals surface area (Å²) in [5, 5.41) is 4.79. The van der Waals surface area contributed by atoms with Crippen molar-refractivity contribution in [1.29, 1.82) is 0 Å². The third-order valence-electron chi connectivity index (χ3n) is 1.11. The fourth-order valence-electron chi connectivity index (χ4n) is 0.583. The van der Waals surface area contributed by atoms with E-state index in [2.05, 4.69) is 21.9 Å². The second-order valence-electron chi connectivity index (χ2n) is 2.17. The van der Waals surface area contributed by atoms with E-state index >= 15 is 0 Å². The van der Waals surface area contributed by atoms with Crippen molar-refractivity contribution in [3.63, 3.8) is 0 Å². The highest BCUT2D eigenvalue weighted by molar-refractivity contribution is 5.82. The Hall–Kier alpha value is -1.52. The summed E-state index contributed by atoms with van der Waals surface area (Å²) in [5.74, 6) is -0.270. The van der Waals surface area contributed by atoms with Gasteiger partial charge in [0.05, 0.1) is 6.61 Å². The minimum Gasteiger partial charge on any atom is -0.450 e. The Kier molecular flexibility index (Phi) is 6.31. The van der Waals surface area contributed by atoms with Gasteiger partial charge in [0.1, 0.15) is 6.54 Å². The Labute approximate surface area is 77.1 Å². The molecule has 0 saturated carbocycles. The molecule has 0 heterocycles.